The Labute approximate surface area is 189 Å². The molecule has 2 amide bonds. The summed E-state index contributed by atoms with van der Waals surface area (Å²) >= 11 is 0. The number of piperidine rings is 1. The summed E-state index contributed by atoms with van der Waals surface area (Å²) < 4.78 is 41.5. The van der Waals surface area contributed by atoms with E-state index in [2.05, 4.69) is 15.3 Å². The van der Waals surface area contributed by atoms with Gasteiger partial charge in [0.15, 0.2) is 11.6 Å². The highest BCUT2D eigenvalue weighted by molar-refractivity contribution is 5.95. The molecule has 2 atom stereocenters. The van der Waals surface area contributed by atoms with Crippen molar-refractivity contribution in [3.8, 4) is 0 Å². The predicted molar refractivity (Wildman–Crippen MR) is 116 cm³/mol. The molecular weight excluding hydrogens is 437 g/mol. The monoisotopic (exact) mass is 462 g/mol. The largest absolute Gasteiger partial charge is 0.366 e. The molecule has 0 saturated carbocycles. The van der Waals surface area contributed by atoms with Crippen molar-refractivity contribution in [1.29, 1.82) is 0 Å². The van der Waals surface area contributed by atoms with Crippen molar-refractivity contribution in [2.24, 2.45) is 5.73 Å². The van der Waals surface area contributed by atoms with Crippen LogP contribution >= 0.6 is 0 Å². The molecule has 2 unspecified atom stereocenters. The smallest absolute Gasteiger partial charge is 0.322 e. The zero-order valence-electron chi connectivity index (χ0n) is 18.5. The Morgan fingerprint density at radius 2 is 1.94 bits per heavy atom. The summed E-state index contributed by atoms with van der Waals surface area (Å²) in [5.74, 6) is -5.60. The molecule has 5 rings (SSSR count). The van der Waals surface area contributed by atoms with Crippen molar-refractivity contribution < 1.29 is 22.8 Å². The van der Waals surface area contributed by atoms with Crippen molar-refractivity contribution in [2.45, 2.75) is 51.6 Å². The minimum absolute atomic E-state index is 0.0427. The van der Waals surface area contributed by atoms with Gasteiger partial charge in [-0.1, -0.05) is 6.92 Å². The number of nitrogens with one attached hydrogen (secondary N) is 1. The molecule has 3 fully saturated rings. The molecule has 2 aromatic rings. The molecule has 0 spiro atoms. The minimum atomic E-state index is -3.43. The average Bonchev–Trinajstić information content (AvgIpc) is 2.74. The summed E-state index contributed by atoms with van der Waals surface area (Å²) in [5, 5.41) is 3.08. The second-order valence-electron chi connectivity index (χ2n) is 8.52. The van der Waals surface area contributed by atoms with E-state index in [9.17, 15) is 22.8 Å². The van der Waals surface area contributed by atoms with Gasteiger partial charge in [0.2, 0.25) is 11.9 Å². The van der Waals surface area contributed by atoms with Crippen molar-refractivity contribution >= 4 is 29.3 Å². The number of primary amides is 1. The number of halogens is 3. The van der Waals surface area contributed by atoms with Crippen molar-refractivity contribution in [3.63, 3.8) is 0 Å². The van der Waals surface area contributed by atoms with Crippen LogP contribution in [0, 0.1) is 12.7 Å². The van der Waals surface area contributed by atoms with Gasteiger partial charge in [0.1, 0.15) is 0 Å². The second kappa shape index (κ2) is 8.20. The summed E-state index contributed by atoms with van der Waals surface area (Å²) in [5.41, 5.74) is 8.11. The zero-order chi connectivity index (χ0) is 24.1. The molecule has 0 aliphatic carbocycles. The Hall–Kier alpha value is -3.37. The first kappa shape index (κ1) is 22.8. The lowest BCUT2D eigenvalue weighted by atomic mass is 9.86. The number of anilines is 3. The third-order valence-corrected chi connectivity index (χ3v) is 6.29. The van der Waals surface area contributed by atoms with E-state index in [-0.39, 0.29) is 24.9 Å². The highest BCUT2D eigenvalue weighted by atomic mass is 19.3. The van der Waals surface area contributed by atoms with Gasteiger partial charge in [0, 0.05) is 31.3 Å². The number of alkyl halides is 2. The number of piperazine rings is 1. The number of nitrogens with zero attached hydrogens (tertiary/aromatic N) is 4. The molecular formula is C22H25F3N6O2. The van der Waals surface area contributed by atoms with Crippen LogP contribution in [0.5, 0.6) is 0 Å². The summed E-state index contributed by atoms with van der Waals surface area (Å²) in [6, 6.07) is 2.48. The van der Waals surface area contributed by atoms with Crippen LogP contribution in [0.25, 0.3) is 0 Å². The molecule has 4 heterocycles. The van der Waals surface area contributed by atoms with Gasteiger partial charge in [0.05, 0.1) is 18.3 Å². The van der Waals surface area contributed by atoms with E-state index in [4.69, 9.17) is 5.73 Å². The molecule has 3 saturated heterocycles. The average molecular weight is 462 g/mol. The van der Waals surface area contributed by atoms with Crippen LogP contribution in [0.3, 0.4) is 0 Å². The highest BCUT2D eigenvalue weighted by Crippen LogP contribution is 2.37. The molecule has 33 heavy (non-hydrogen) atoms. The molecule has 3 aliphatic heterocycles. The first-order valence-corrected chi connectivity index (χ1v) is 10.7. The first-order valence-electron chi connectivity index (χ1n) is 10.7. The molecule has 8 nitrogen and oxygen atoms in total. The van der Waals surface area contributed by atoms with Gasteiger partial charge in [-0.2, -0.15) is 13.8 Å². The number of hydrogen-bond acceptors (Lipinski definition) is 6. The fraction of sp³-hybridized carbons (Fsp3) is 0.455. The van der Waals surface area contributed by atoms with Crippen LogP contribution in [-0.4, -0.2) is 57.8 Å². The Balaban J connectivity index is 1.55. The number of hydrogen-bond donors (Lipinski definition) is 2. The number of rotatable bonds is 6. The Bertz CT molecular complexity index is 1110. The second-order valence-corrected chi connectivity index (χ2v) is 8.52. The van der Waals surface area contributed by atoms with E-state index < -0.39 is 35.6 Å². The van der Waals surface area contributed by atoms with Gasteiger partial charge in [-0.15, -0.1) is 0 Å². The van der Waals surface area contributed by atoms with Crippen molar-refractivity contribution in [2.75, 3.05) is 23.3 Å². The van der Waals surface area contributed by atoms with Crippen LogP contribution in [0.4, 0.5) is 30.6 Å². The quantitative estimate of drug-likeness (QED) is 0.684. The summed E-state index contributed by atoms with van der Waals surface area (Å²) in [6.07, 6.45) is 2.26. The van der Waals surface area contributed by atoms with Crippen LogP contribution in [-0.2, 0) is 11.2 Å². The van der Waals surface area contributed by atoms with Crippen LogP contribution < -0.4 is 16.0 Å². The van der Waals surface area contributed by atoms with Gasteiger partial charge < -0.3 is 20.9 Å². The Kier molecular flexibility index (Phi) is 5.67. The van der Waals surface area contributed by atoms with Crippen molar-refractivity contribution in [1.82, 2.24) is 14.9 Å². The third kappa shape index (κ3) is 4.07. The van der Waals surface area contributed by atoms with Crippen LogP contribution in [0.15, 0.2) is 18.3 Å². The normalized spacial score (nSPS) is 19.8. The summed E-state index contributed by atoms with van der Waals surface area (Å²) in [6.45, 7) is 4.73. The van der Waals surface area contributed by atoms with E-state index >= 15 is 0 Å². The number of benzene rings is 1. The standard InChI is InChI=1S/C22H25F3N6O2/c1-4-14-11(2)15(18(26)32)5-6-17(14)28-21-27-8-16(23)19(29-21)30-9-12-7-13(10-30)31(12)20(33)22(3,24)25/h5-6,8,12-13H,4,7,9-10H2,1-3H3,(H2,26,32)(H,27,28,29). The number of aromatic nitrogens is 2. The molecule has 1 aromatic heterocycles. The number of carbonyl (C=O) groups excluding carboxylic acids is 2. The predicted octanol–water partition coefficient (Wildman–Crippen LogP) is 2.77. The topological polar surface area (TPSA) is 104 Å². The summed E-state index contributed by atoms with van der Waals surface area (Å²) in [4.78, 5) is 34.8. The SMILES string of the molecule is CCc1c(Nc2ncc(F)c(N3CC4CC(C3)N4C(=O)C(C)(F)F)n2)ccc(C(N)=O)c1C. The lowest BCUT2D eigenvalue weighted by molar-refractivity contribution is -0.170. The Morgan fingerprint density at radius 3 is 2.52 bits per heavy atom. The maximum absolute atomic E-state index is 14.6. The van der Waals surface area contributed by atoms with Gasteiger partial charge in [-0.05, 0) is 43.0 Å². The fourth-order valence-electron chi connectivity index (χ4n) is 4.70. The van der Waals surface area contributed by atoms with Crippen LogP contribution in [0.2, 0.25) is 0 Å². The molecule has 2 bridgehead atoms. The van der Waals surface area contributed by atoms with Gasteiger partial charge >= 0.3 is 5.92 Å². The van der Waals surface area contributed by atoms with Gasteiger partial charge in [0.25, 0.3) is 5.91 Å². The zero-order valence-corrected chi connectivity index (χ0v) is 18.5. The van der Waals surface area contributed by atoms with Gasteiger partial charge in [-0.3, -0.25) is 9.59 Å². The highest BCUT2D eigenvalue weighted by Gasteiger charge is 2.52. The fourth-order valence-corrected chi connectivity index (χ4v) is 4.70. The lowest BCUT2D eigenvalue weighted by Gasteiger charge is -2.56. The maximum Gasteiger partial charge on any atom is 0.322 e. The Morgan fingerprint density at radius 1 is 1.27 bits per heavy atom. The van der Waals surface area contributed by atoms with E-state index in [1.807, 2.05) is 6.92 Å². The number of carbonyl (C=O) groups is 2. The number of nitrogens with two attached hydrogens (primary N) is 1. The molecule has 176 valence electrons. The van der Waals surface area contributed by atoms with E-state index in [1.54, 1.807) is 24.0 Å². The lowest BCUT2D eigenvalue weighted by Crippen LogP contribution is -2.72. The van der Waals surface area contributed by atoms with E-state index in [1.165, 1.54) is 4.90 Å². The molecule has 0 radical (unpaired) electrons. The van der Waals surface area contributed by atoms with Crippen molar-refractivity contribution in [3.05, 3.63) is 40.8 Å². The van der Waals surface area contributed by atoms with Gasteiger partial charge in [-0.25, -0.2) is 9.37 Å². The number of amides is 2. The van der Waals surface area contributed by atoms with E-state index in [0.29, 0.717) is 31.0 Å². The minimum Gasteiger partial charge on any atom is -0.366 e. The summed E-state index contributed by atoms with van der Waals surface area (Å²) in [7, 11) is 0. The molecule has 1 aromatic carbocycles. The van der Waals surface area contributed by atoms with Crippen LogP contribution in [0.1, 0.15) is 41.8 Å². The number of fused-ring (bicyclic) bond motifs is 2. The molecule has 3 aliphatic rings. The molecule has 11 heteroatoms. The maximum atomic E-state index is 14.6. The first-order chi connectivity index (χ1) is 15.5. The third-order valence-electron chi connectivity index (χ3n) is 6.29. The van der Waals surface area contributed by atoms with E-state index in [0.717, 1.165) is 17.3 Å². The molecule has 3 N–H and O–H groups in total.